The van der Waals surface area contributed by atoms with Crippen LogP contribution in [-0.2, 0) is 11.8 Å². The Hall–Kier alpha value is -2.87. The second-order valence-electron chi connectivity index (χ2n) is 3.84. The van der Waals surface area contributed by atoms with Crippen molar-refractivity contribution in [2.45, 2.75) is 0 Å². The lowest BCUT2D eigenvalue weighted by molar-refractivity contribution is -0.128. The highest BCUT2D eigenvalue weighted by atomic mass is 16.5. The van der Waals surface area contributed by atoms with Crippen LogP contribution in [0.4, 0.5) is 0 Å². The zero-order chi connectivity index (χ0) is 13.7. The molecule has 2 aromatic rings. The first kappa shape index (κ1) is 12.6. The molecule has 0 amide bonds. The number of carbonyl (C=O) groups is 1. The van der Waals surface area contributed by atoms with Crippen LogP contribution in [0.3, 0.4) is 0 Å². The fraction of sp³-hybridized carbons (Fsp3) is 0.0714. The Bertz CT molecular complexity index is 665. The minimum atomic E-state index is -0.501. The molecule has 0 aliphatic carbocycles. The van der Waals surface area contributed by atoms with E-state index in [1.165, 1.54) is 12.1 Å². The van der Waals surface area contributed by atoms with Gasteiger partial charge in [0, 0.05) is 24.9 Å². The molecular weight excluding hydrogens is 242 g/mol. The third-order valence-corrected chi connectivity index (χ3v) is 2.32. The highest BCUT2D eigenvalue weighted by Gasteiger charge is 2.01. The Morgan fingerprint density at radius 2 is 2.37 bits per heavy atom. The minimum Gasteiger partial charge on any atom is -0.423 e. The smallest absolute Gasteiger partial charge is 0.336 e. The van der Waals surface area contributed by atoms with E-state index in [2.05, 4.69) is 5.10 Å². The summed E-state index contributed by atoms with van der Waals surface area (Å²) in [5.74, 6) is -0.154. The Morgan fingerprint density at radius 3 is 3.05 bits per heavy atom. The highest BCUT2D eigenvalue weighted by molar-refractivity contribution is 5.88. The van der Waals surface area contributed by atoms with Crippen molar-refractivity contribution in [1.82, 2.24) is 9.78 Å². The van der Waals surface area contributed by atoms with Crippen LogP contribution in [0.5, 0.6) is 5.75 Å². The third kappa shape index (κ3) is 3.54. The van der Waals surface area contributed by atoms with Crippen LogP contribution >= 0.6 is 0 Å². The van der Waals surface area contributed by atoms with Crippen molar-refractivity contribution in [2.24, 2.45) is 7.05 Å². The molecule has 0 spiro atoms. The third-order valence-electron chi connectivity index (χ3n) is 2.32. The molecular formula is C14H11N3O2. The number of carbonyl (C=O) groups excluding carboxylic acids is 1. The van der Waals surface area contributed by atoms with Crippen molar-refractivity contribution >= 4 is 12.0 Å². The summed E-state index contributed by atoms with van der Waals surface area (Å²) in [6, 6.07) is 8.41. The van der Waals surface area contributed by atoms with Crippen LogP contribution in [0.25, 0.3) is 6.08 Å². The van der Waals surface area contributed by atoms with E-state index >= 15 is 0 Å². The molecule has 94 valence electrons. The van der Waals surface area contributed by atoms with Crippen LogP contribution in [0.2, 0.25) is 0 Å². The molecule has 0 fully saturated rings. The lowest BCUT2D eigenvalue weighted by atomic mass is 10.2. The first-order chi connectivity index (χ1) is 9.17. The maximum Gasteiger partial charge on any atom is 0.336 e. The summed E-state index contributed by atoms with van der Waals surface area (Å²) in [5.41, 5.74) is 1.26. The number of nitrogens with zero attached hydrogens (tertiary/aromatic N) is 3. The zero-order valence-corrected chi connectivity index (χ0v) is 10.3. The molecule has 0 aliphatic rings. The Balaban J connectivity index is 2.01. The summed E-state index contributed by atoms with van der Waals surface area (Å²) in [7, 11) is 1.79. The van der Waals surface area contributed by atoms with Crippen LogP contribution in [0.1, 0.15) is 11.1 Å². The quantitative estimate of drug-likeness (QED) is 0.476. The molecule has 0 unspecified atom stereocenters. The average molecular weight is 253 g/mol. The summed E-state index contributed by atoms with van der Waals surface area (Å²) in [6.45, 7) is 0. The van der Waals surface area contributed by atoms with E-state index in [4.69, 9.17) is 10.00 Å². The number of aromatic nitrogens is 2. The van der Waals surface area contributed by atoms with Gasteiger partial charge in [0.15, 0.2) is 0 Å². The number of aryl methyl sites for hydroxylation is 1. The van der Waals surface area contributed by atoms with Gasteiger partial charge >= 0.3 is 5.97 Å². The summed E-state index contributed by atoms with van der Waals surface area (Å²) in [5, 5.41) is 12.7. The monoisotopic (exact) mass is 253 g/mol. The van der Waals surface area contributed by atoms with Gasteiger partial charge in [0.05, 0.1) is 17.8 Å². The van der Waals surface area contributed by atoms with E-state index in [1.807, 2.05) is 6.07 Å². The fourth-order valence-electron chi connectivity index (χ4n) is 1.47. The summed E-state index contributed by atoms with van der Waals surface area (Å²) >= 11 is 0. The van der Waals surface area contributed by atoms with Gasteiger partial charge in [-0.05, 0) is 24.3 Å². The van der Waals surface area contributed by atoms with E-state index < -0.39 is 5.97 Å². The van der Waals surface area contributed by atoms with Crippen LogP contribution < -0.4 is 4.74 Å². The zero-order valence-electron chi connectivity index (χ0n) is 10.3. The number of ether oxygens (including phenoxy) is 1. The van der Waals surface area contributed by atoms with E-state index in [1.54, 1.807) is 48.4 Å². The predicted molar refractivity (Wildman–Crippen MR) is 69.0 cm³/mol. The molecule has 1 aromatic carbocycles. The molecule has 0 aliphatic heterocycles. The number of hydrogen-bond donors (Lipinski definition) is 0. The van der Waals surface area contributed by atoms with Crippen molar-refractivity contribution in [3.05, 3.63) is 53.9 Å². The summed E-state index contributed by atoms with van der Waals surface area (Å²) in [6.07, 6.45) is 6.35. The van der Waals surface area contributed by atoms with Gasteiger partial charge < -0.3 is 4.74 Å². The van der Waals surface area contributed by atoms with E-state index in [-0.39, 0.29) is 0 Å². The summed E-state index contributed by atoms with van der Waals surface area (Å²) < 4.78 is 6.72. The topological polar surface area (TPSA) is 67.9 Å². The molecule has 0 saturated carbocycles. The predicted octanol–water partition coefficient (Wildman–Crippen LogP) is 1.91. The van der Waals surface area contributed by atoms with Crippen molar-refractivity contribution in [2.75, 3.05) is 0 Å². The van der Waals surface area contributed by atoms with Gasteiger partial charge in [-0.2, -0.15) is 10.4 Å². The molecule has 19 heavy (non-hydrogen) atoms. The molecule has 0 N–H and O–H groups in total. The van der Waals surface area contributed by atoms with Gasteiger partial charge in [0.1, 0.15) is 5.75 Å². The second-order valence-corrected chi connectivity index (χ2v) is 3.84. The maximum atomic E-state index is 11.6. The molecule has 0 saturated heterocycles. The van der Waals surface area contributed by atoms with Gasteiger partial charge in [-0.25, -0.2) is 4.79 Å². The standard InChI is InChI=1S/C14H11N3O2/c1-17-10-12(9-16-17)5-6-14(18)19-13-4-2-3-11(7-13)8-15/h2-7,9-10H,1H3/b6-5+. The number of rotatable bonds is 3. The number of benzene rings is 1. The van der Waals surface area contributed by atoms with E-state index in [9.17, 15) is 4.79 Å². The van der Waals surface area contributed by atoms with E-state index in [0.29, 0.717) is 11.3 Å². The molecule has 1 heterocycles. The van der Waals surface area contributed by atoms with Crippen molar-refractivity contribution in [3.8, 4) is 11.8 Å². The molecule has 5 nitrogen and oxygen atoms in total. The maximum absolute atomic E-state index is 11.6. The molecule has 0 radical (unpaired) electrons. The van der Waals surface area contributed by atoms with Gasteiger partial charge in [-0.3, -0.25) is 4.68 Å². The van der Waals surface area contributed by atoms with Crippen LogP contribution in [0, 0.1) is 11.3 Å². The van der Waals surface area contributed by atoms with E-state index in [0.717, 1.165) is 5.56 Å². The SMILES string of the molecule is Cn1cc(/C=C/C(=O)Oc2cccc(C#N)c2)cn1. The lowest BCUT2D eigenvalue weighted by Crippen LogP contribution is -2.03. The van der Waals surface area contributed by atoms with Crippen molar-refractivity contribution in [1.29, 1.82) is 5.26 Å². The van der Waals surface area contributed by atoms with Gasteiger partial charge in [-0.15, -0.1) is 0 Å². The largest absolute Gasteiger partial charge is 0.423 e. The first-order valence-electron chi connectivity index (χ1n) is 5.56. The van der Waals surface area contributed by atoms with Gasteiger partial charge in [0.25, 0.3) is 0 Å². The van der Waals surface area contributed by atoms with Gasteiger partial charge in [-0.1, -0.05) is 6.07 Å². The van der Waals surface area contributed by atoms with Crippen molar-refractivity contribution in [3.63, 3.8) is 0 Å². The van der Waals surface area contributed by atoms with Crippen molar-refractivity contribution < 1.29 is 9.53 Å². The normalized spacial score (nSPS) is 10.3. The van der Waals surface area contributed by atoms with Crippen LogP contribution in [0.15, 0.2) is 42.7 Å². The second kappa shape index (κ2) is 5.65. The average Bonchev–Trinajstić information content (AvgIpc) is 2.82. The molecule has 2 rings (SSSR count). The molecule has 0 bridgehead atoms. The lowest BCUT2D eigenvalue weighted by Gasteiger charge is -2.00. The molecule has 5 heteroatoms. The molecule has 1 aromatic heterocycles. The Kier molecular flexibility index (Phi) is 3.74. The Morgan fingerprint density at radius 1 is 1.53 bits per heavy atom. The van der Waals surface area contributed by atoms with Gasteiger partial charge in [0.2, 0.25) is 0 Å². The number of nitriles is 1. The number of esters is 1. The molecule has 0 atom stereocenters. The fourth-order valence-corrected chi connectivity index (χ4v) is 1.47. The summed E-state index contributed by atoms with van der Waals surface area (Å²) in [4.78, 5) is 11.6. The Labute approximate surface area is 110 Å². The minimum absolute atomic E-state index is 0.347. The highest BCUT2D eigenvalue weighted by Crippen LogP contribution is 2.13. The first-order valence-corrected chi connectivity index (χ1v) is 5.56. The number of hydrogen-bond acceptors (Lipinski definition) is 4. The van der Waals surface area contributed by atoms with Crippen LogP contribution in [-0.4, -0.2) is 15.7 Å².